The largest absolute Gasteiger partial charge is 0.404 e. The van der Waals surface area contributed by atoms with Gasteiger partial charge in [-0.05, 0) is 31.2 Å². The van der Waals surface area contributed by atoms with Crippen molar-refractivity contribution < 1.29 is 9.53 Å². The van der Waals surface area contributed by atoms with Crippen molar-refractivity contribution in [2.45, 2.75) is 33.1 Å². The Balaban J connectivity index is 1.98. The van der Waals surface area contributed by atoms with Crippen LogP contribution in [0.4, 0.5) is 0 Å². The van der Waals surface area contributed by atoms with Gasteiger partial charge >= 0.3 is 5.97 Å². The molecule has 0 N–H and O–H groups in total. The lowest BCUT2D eigenvalue weighted by atomic mass is 9.93. The Hall–Kier alpha value is -2.88. The Kier molecular flexibility index (Phi) is 4.45. The number of nitrogens with zero attached hydrogens (tertiary/aromatic N) is 2. The average molecular weight is 334 g/mol. The Morgan fingerprint density at radius 2 is 1.64 bits per heavy atom. The number of ether oxygens (including phenoxy) is 1. The number of para-hydroxylation sites is 1. The van der Waals surface area contributed by atoms with Crippen LogP contribution in [0.15, 0.2) is 60.7 Å². The zero-order chi connectivity index (χ0) is 18.0. The molecule has 0 atom stereocenters. The lowest BCUT2D eigenvalue weighted by Crippen LogP contribution is -2.13. The monoisotopic (exact) mass is 334 g/mol. The molecule has 0 aliphatic heterocycles. The zero-order valence-electron chi connectivity index (χ0n) is 15.0. The fraction of sp³-hybridized carbons (Fsp3) is 0.238. The van der Waals surface area contributed by atoms with Crippen molar-refractivity contribution in [3.05, 3.63) is 77.5 Å². The van der Waals surface area contributed by atoms with E-state index < -0.39 is 5.97 Å². The number of carbonyl (C=O) groups excluding carboxylic acids is 1. The maximum absolute atomic E-state index is 12.5. The number of carbonyl (C=O) groups is 1. The molecule has 0 aliphatic rings. The third-order valence-corrected chi connectivity index (χ3v) is 3.93. The minimum atomic E-state index is -0.391. The van der Waals surface area contributed by atoms with Gasteiger partial charge in [0.2, 0.25) is 5.88 Å². The number of aryl methyl sites for hydroxylation is 1. The highest BCUT2D eigenvalue weighted by atomic mass is 16.5. The fourth-order valence-electron chi connectivity index (χ4n) is 2.40. The van der Waals surface area contributed by atoms with Gasteiger partial charge in [-0.3, -0.25) is 0 Å². The number of hydrogen-bond acceptors (Lipinski definition) is 3. The highest BCUT2D eigenvalue weighted by Gasteiger charge is 2.23. The predicted molar refractivity (Wildman–Crippen MR) is 98.4 cm³/mol. The van der Waals surface area contributed by atoms with E-state index in [1.807, 2.05) is 55.5 Å². The van der Waals surface area contributed by atoms with Crippen molar-refractivity contribution in [1.29, 1.82) is 0 Å². The fourth-order valence-corrected chi connectivity index (χ4v) is 2.40. The maximum atomic E-state index is 12.5. The highest BCUT2D eigenvalue weighted by Crippen LogP contribution is 2.28. The van der Waals surface area contributed by atoms with Crippen LogP contribution in [-0.2, 0) is 5.41 Å². The summed E-state index contributed by atoms with van der Waals surface area (Å²) in [6, 6.07) is 18.8. The number of aromatic nitrogens is 2. The second-order valence-corrected chi connectivity index (χ2v) is 7.12. The lowest BCUT2D eigenvalue weighted by molar-refractivity contribution is 0.0723. The third kappa shape index (κ3) is 3.79. The Morgan fingerprint density at radius 1 is 1.00 bits per heavy atom. The summed E-state index contributed by atoms with van der Waals surface area (Å²) in [6.45, 7) is 8.22. The third-order valence-electron chi connectivity index (χ3n) is 3.93. The molecule has 0 spiro atoms. The lowest BCUT2D eigenvalue weighted by Gasteiger charge is -2.13. The van der Waals surface area contributed by atoms with Crippen molar-refractivity contribution in [2.75, 3.05) is 0 Å². The van der Waals surface area contributed by atoms with Gasteiger partial charge in [0.05, 0.1) is 16.9 Å². The molecule has 1 aromatic heterocycles. The van der Waals surface area contributed by atoms with E-state index >= 15 is 0 Å². The first kappa shape index (κ1) is 17.0. The molecule has 4 nitrogen and oxygen atoms in total. The van der Waals surface area contributed by atoms with E-state index in [1.165, 1.54) is 0 Å². The smallest absolute Gasteiger partial charge is 0.344 e. The van der Waals surface area contributed by atoms with Gasteiger partial charge in [0, 0.05) is 11.5 Å². The van der Waals surface area contributed by atoms with Gasteiger partial charge < -0.3 is 4.74 Å². The molecule has 0 saturated heterocycles. The second kappa shape index (κ2) is 6.55. The SMILES string of the molecule is Cc1ccc(C(=O)Oc2cc(C(C)(C)C)nn2-c2ccccc2)cc1. The normalized spacial score (nSPS) is 11.4. The Labute approximate surface area is 148 Å². The van der Waals surface area contributed by atoms with Gasteiger partial charge in [-0.2, -0.15) is 5.10 Å². The first-order chi connectivity index (χ1) is 11.8. The molecular formula is C21H22N2O2. The molecule has 0 saturated carbocycles. The van der Waals surface area contributed by atoms with Gasteiger partial charge in [0.15, 0.2) is 0 Å². The summed E-state index contributed by atoms with van der Waals surface area (Å²) in [6.07, 6.45) is 0. The Bertz CT molecular complexity index is 873. The quantitative estimate of drug-likeness (QED) is 0.652. The molecule has 4 heteroatoms. The molecule has 1 heterocycles. The highest BCUT2D eigenvalue weighted by molar-refractivity contribution is 5.91. The molecule has 2 aromatic carbocycles. The topological polar surface area (TPSA) is 44.1 Å². The number of rotatable bonds is 3. The van der Waals surface area contributed by atoms with E-state index in [2.05, 4.69) is 25.9 Å². The minimum Gasteiger partial charge on any atom is -0.404 e. The number of esters is 1. The number of benzene rings is 2. The summed E-state index contributed by atoms with van der Waals surface area (Å²) in [5, 5.41) is 4.65. The van der Waals surface area contributed by atoms with Crippen molar-refractivity contribution in [1.82, 2.24) is 9.78 Å². The van der Waals surface area contributed by atoms with Gasteiger partial charge in [-0.15, -0.1) is 0 Å². The second-order valence-electron chi connectivity index (χ2n) is 7.12. The van der Waals surface area contributed by atoms with Crippen molar-refractivity contribution in [2.24, 2.45) is 0 Å². The molecule has 0 radical (unpaired) electrons. The van der Waals surface area contributed by atoms with Crippen LogP contribution in [0, 0.1) is 6.92 Å². The van der Waals surface area contributed by atoms with Crippen LogP contribution in [0.5, 0.6) is 5.88 Å². The van der Waals surface area contributed by atoms with Gasteiger partial charge in [-0.25, -0.2) is 9.48 Å². The van der Waals surface area contributed by atoms with Crippen LogP contribution in [0.1, 0.15) is 42.4 Å². The van der Waals surface area contributed by atoms with Crippen molar-refractivity contribution in [3.8, 4) is 11.6 Å². The molecule has 128 valence electrons. The number of hydrogen-bond donors (Lipinski definition) is 0. The summed E-state index contributed by atoms with van der Waals surface area (Å²) in [7, 11) is 0. The van der Waals surface area contributed by atoms with Crippen LogP contribution < -0.4 is 4.74 Å². The molecule has 0 aliphatic carbocycles. The van der Waals surface area contributed by atoms with Crippen LogP contribution in [0.25, 0.3) is 5.69 Å². The molecular weight excluding hydrogens is 312 g/mol. The van der Waals surface area contributed by atoms with Crippen LogP contribution in [0.2, 0.25) is 0 Å². The first-order valence-corrected chi connectivity index (χ1v) is 8.29. The van der Waals surface area contributed by atoms with E-state index in [4.69, 9.17) is 4.74 Å². The van der Waals surface area contributed by atoms with Crippen LogP contribution in [0.3, 0.4) is 0 Å². The van der Waals surface area contributed by atoms with Crippen LogP contribution in [-0.4, -0.2) is 15.7 Å². The van der Waals surface area contributed by atoms with E-state index in [1.54, 1.807) is 16.8 Å². The minimum absolute atomic E-state index is 0.148. The van der Waals surface area contributed by atoms with Gasteiger partial charge in [0.25, 0.3) is 0 Å². The first-order valence-electron chi connectivity index (χ1n) is 8.29. The summed E-state index contributed by atoms with van der Waals surface area (Å²) in [5.41, 5.74) is 3.18. The summed E-state index contributed by atoms with van der Waals surface area (Å²) in [5.74, 6) is 0.0271. The van der Waals surface area contributed by atoms with Crippen molar-refractivity contribution in [3.63, 3.8) is 0 Å². The molecule has 0 bridgehead atoms. The van der Waals surface area contributed by atoms with Crippen LogP contribution >= 0.6 is 0 Å². The van der Waals surface area contributed by atoms with E-state index in [0.717, 1.165) is 16.9 Å². The van der Waals surface area contributed by atoms with Gasteiger partial charge in [0.1, 0.15) is 0 Å². The average Bonchev–Trinajstić information content (AvgIpc) is 3.00. The summed E-state index contributed by atoms with van der Waals surface area (Å²) >= 11 is 0. The molecule has 3 rings (SSSR count). The molecule has 3 aromatic rings. The summed E-state index contributed by atoms with van der Waals surface area (Å²) in [4.78, 5) is 12.5. The molecule has 0 fully saturated rings. The predicted octanol–water partition coefficient (Wildman–Crippen LogP) is 4.70. The zero-order valence-corrected chi connectivity index (χ0v) is 15.0. The molecule has 0 amide bonds. The standard InChI is InChI=1S/C21H22N2O2/c1-15-10-12-16(13-11-15)20(24)25-19-14-18(21(2,3)4)22-23(19)17-8-6-5-7-9-17/h5-14H,1-4H3. The Morgan fingerprint density at radius 3 is 2.24 bits per heavy atom. The van der Waals surface area contributed by atoms with Crippen molar-refractivity contribution >= 4 is 5.97 Å². The van der Waals surface area contributed by atoms with E-state index in [-0.39, 0.29) is 5.41 Å². The molecule has 25 heavy (non-hydrogen) atoms. The summed E-state index contributed by atoms with van der Waals surface area (Å²) < 4.78 is 7.34. The van der Waals surface area contributed by atoms with E-state index in [9.17, 15) is 4.79 Å². The maximum Gasteiger partial charge on any atom is 0.344 e. The molecule has 0 unspecified atom stereocenters. The van der Waals surface area contributed by atoms with Gasteiger partial charge in [-0.1, -0.05) is 56.7 Å². The van der Waals surface area contributed by atoms with E-state index in [0.29, 0.717) is 11.4 Å².